The summed E-state index contributed by atoms with van der Waals surface area (Å²) in [7, 11) is -1.43. The van der Waals surface area contributed by atoms with Gasteiger partial charge >= 0.3 is 0 Å². The first kappa shape index (κ1) is 10.8. The van der Waals surface area contributed by atoms with Crippen LogP contribution in [0.4, 0.5) is 8.78 Å². The molecule has 1 unspecified atom stereocenters. The molecule has 0 aliphatic heterocycles. The number of benzene rings is 1. The highest BCUT2D eigenvalue weighted by Crippen LogP contribution is 2.12. The molecular formula is C9H7F2NOS. The van der Waals surface area contributed by atoms with Gasteiger partial charge in [-0.2, -0.15) is 5.26 Å². The lowest BCUT2D eigenvalue weighted by Gasteiger charge is -1.99. The first-order valence-electron chi connectivity index (χ1n) is 3.85. The summed E-state index contributed by atoms with van der Waals surface area (Å²) >= 11 is 0. The molecule has 0 fully saturated rings. The van der Waals surface area contributed by atoms with E-state index in [2.05, 4.69) is 0 Å². The van der Waals surface area contributed by atoms with Crippen LogP contribution in [0.25, 0.3) is 0 Å². The molecule has 0 saturated carbocycles. The van der Waals surface area contributed by atoms with Gasteiger partial charge in [0.2, 0.25) is 0 Å². The van der Waals surface area contributed by atoms with Crippen LogP contribution in [0.2, 0.25) is 0 Å². The minimum atomic E-state index is -1.43. The molecule has 1 rings (SSSR count). The molecule has 5 heteroatoms. The van der Waals surface area contributed by atoms with E-state index in [1.807, 2.05) is 6.07 Å². The van der Waals surface area contributed by atoms with Gasteiger partial charge in [0.1, 0.15) is 0 Å². The molecular weight excluding hydrogens is 208 g/mol. The van der Waals surface area contributed by atoms with Crippen LogP contribution < -0.4 is 0 Å². The molecule has 0 saturated heterocycles. The van der Waals surface area contributed by atoms with Crippen LogP contribution in [0.15, 0.2) is 23.1 Å². The van der Waals surface area contributed by atoms with Crippen molar-refractivity contribution in [2.75, 3.05) is 5.75 Å². The van der Waals surface area contributed by atoms with Crippen LogP contribution >= 0.6 is 0 Å². The fourth-order valence-electron chi connectivity index (χ4n) is 0.875. The second-order valence-corrected chi connectivity index (χ2v) is 4.10. The summed E-state index contributed by atoms with van der Waals surface area (Å²) in [5, 5.41) is 8.24. The van der Waals surface area contributed by atoms with E-state index in [1.165, 1.54) is 6.07 Å². The fraction of sp³-hybridized carbons (Fsp3) is 0.222. The van der Waals surface area contributed by atoms with E-state index in [9.17, 15) is 13.0 Å². The van der Waals surface area contributed by atoms with E-state index < -0.39 is 22.4 Å². The molecule has 0 aromatic heterocycles. The maximum Gasteiger partial charge on any atom is 0.160 e. The van der Waals surface area contributed by atoms with Gasteiger partial charge in [-0.25, -0.2) is 8.78 Å². The Hall–Kier alpha value is -1.28. The number of hydrogen-bond acceptors (Lipinski definition) is 2. The molecule has 0 spiro atoms. The zero-order chi connectivity index (χ0) is 10.6. The molecule has 0 radical (unpaired) electrons. The molecule has 14 heavy (non-hydrogen) atoms. The summed E-state index contributed by atoms with van der Waals surface area (Å²) in [5.74, 6) is -1.85. The first-order valence-corrected chi connectivity index (χ1v) is 5.17. The Labute approximate surface area is 82.6 Å². The van der Waals surface area contributed by atoms with Crippen LogP contribution in [-0.4, -0.2) is 9.96 Å². The van der Waals surface area contributed by atoms with Crippen molar-refractivity contribution in [2.24, 2.45) is 0 Å². The molecule has 0 heterocycles. The van der Waals surface area contributed by atoms with Gasteiger partial charge in [-0.15, -0.1) is 0 Å². The second kappa shape index (κ2) is 4.82. The van der Waals surface area contributed by atoms with Crippen molar-refractivity contribution >= 4 is 10.8 Å². The molecule has 1 atom stereocenters. The normalized spacial score (nSPS) is 12.1. The lowest BCUT2D eigenvalue weighted by Crippen LogP contribution is -1.98. The third kappa shape index (κ3) is 2.60. The van der Waals surface area contributed by atoms with Crippen LogP contribution in [0.1, 0.15) is 6.42 Å². The lowest BCUT2D eigenvalue weighted by atomic mass is 10.3. The predicted octanol–water partition coefficient (Wildman–Crippen LogP) is 1.99. The second-order valence-electron chi connectivity index (χ2n) is 2.53. The van der Waals surface area contributed by atoms with E-state index in [1.54, 1.807) is 0 Å². The highest BCUT2D eigenvalue weighted by Gasteiger charge is 2.07. The van der Waals surface area contributed by atoms with Crippen molar-refractivity contribution in [3.05, 3.63) is 29.8 Å². The Balaban J connectivity index is 2.82. The quantitative estimate of drug-likeness (QED) is 0.773. The topological polar surface area (TPSA) is 40.9 Å². The van der Waals surface area contributed by atoms with E-state index in [-0.39, 0.29) is 17.1 Å². The van der Waals surface area contributed by atoms with Crippen LogP contribution in [0, 0.1) is 23.0 Å². The predicted molar refractivity (Wildman–Crippen MR) is 47.9 cm³/mol. The Morgan fingerprint density at radius 2 is 2.07 bits per heavy atom. The zero-order valence-electron chi connectivity index (χ0n) is 7.17. The third-order valence-electron chi connectivity index (χ3n) is 1.55. The van der Waals surface area contributed by atoms with Crippen LogP contribution in [0.3, 0.4) is 0 Å². The Bertz CT molecular complexity index is 400. The third-order valence-corrected chi connectivity index (χ3v) is 2.91. The van der Waals surface area contributed by atoms with E-state index in [0.29, 0.717) is 0 Å². The van der Waals surface area contributed by atoms with Gasteiger partial charge in [0.15, 0.2) is 11.6 Å². The van der Waals surface area contributed by atoms with Crippen molar-refractivity contribution in [2.45, 2.75) is 11.3 Å². The summed E-state index contributed by atoms with van der Waals surface area (Å²) in [6, 6.07) is 4.91. The number of nitriles is 1. The van der Waals surface area contributed by atoms with Gasteiger partial charge < -0.3 is 0 Å². The standard InChI is InChI=1S/C9H7F2NOS/c10-8-3-2-7(6-9(8)11)14(13)5-1-4-12/h2-3,6H,1,5H2. The van der Waals surface area contributed by atoms with Gasteiger partial charge in [0.25, 0.3) is 0 Å². The molecule has 2 nitrogen and oxygen atoms in total. The molecule has 1 aromatic rings. The van der Waals surface area contributed by atoms with Crippen molar-refractivity contribution in [3.63, 3.8) is 0 Å². The summed E-state index contributed by atoms with van der Waals surface area (Å²) < 4.78 is 36.5. The number of halogens is 2. The van der Waals surface area contributed by atoms with E-state index in [0.717, 1.165) is 12.1 Å². The van der Waals surface area contributed by atoms with Gasteiger partial charge in [0, 0.05) is 17.1 Å². The Morgan fingerprint density at radius 1 is 1.36 bits per heavy atom. The Kier molecular flexibility index (Phi) is 3.72. The lowest BCUT2D eigenvalue weighted by molar-refractivity contribution is 0.505. The average Bonchev–Trinajstić information content (AvgIpc) is 2.18. The Morgan fingerprint density at radius 3 is 2.64 bits per heavy atom. The van der Waals surface area contributed by atoms with Crippen LogP contribution in [-0.2, 0) is 10.8 Å². The van der Waals surface area contributed by atoms with Crippen LogP contribution in [0.5, 0.6) is 0 Å². The van der Waals surface area contributed by atoms with Crippen molar-refractivity contribution in [3.8, 4) is 6.07 Å². The first-order chi connectivity index (χ1) is 6.65. The van der Waals surface area contributed by atoms with Crippen molar-refractivity contribution in [1.29, 1.82) is 5.26 Å². The largest absolute Gasteiger partial charge is 0.254 e. The molecule has 0 aliphatic carbocycles. The average molecular weight is 215 g/mol. The molecule has 0 amide bonds. The smallest absolute Gasteiger partial charge is 0.160 e. The summed E-state index contributed by atoms with van der Waals surface area (Å²) in [5.41, 5.74) is 0. The summed E-state index contributed by atoms with van der Waals surface area (Å²) in [6.45, 7) is 0. The minimum Gasteiger partial charge on any atom is -0.254 e. The molecule has 1 aromatic carbocycles. The van der Waals surface area contributed by atoms with Gasteiger partial charge in [0.05, 0.1) is 16.9 Å². The molecule has 0 N–H and O–H groups in total. The molecule has 0 aliphatic rings. The van der Waals surface area contributed by atoms with Crippen molar-refractivity contribution < 1.29 is 13.0 Å². The highest BCUT2D eigenvalue weighted by atomic mass is 32.2. The maximum absolute atomic E-state index is 12.7. The number of rotatable bonds is 3. The molecule has 0 bridgehead atoms. The van der Waals surface area contributed by atoms with Gasteiger partial charge in [-0.05, 0) is 18.2 Å². The summed E-state index contributed by atoms with van der Waals surface area (Å²) in [6.07, 6.45) is 0.131. The number of nitrogens with zero attached hydrogens (tertiary/aromatic N) is 1. The van der Waals surface area contributed by atoms with Crippen molar-refractivity contribution in [1.82, 2.24) is 0 Å². The zero-order valence-corrected chi connectivity index (χ0v) is 7.98. The van der Waals surface area contributed by atoms with Gasteiger partial charge in [-0.3, -0.25) is 4.21 Å². The monoisotopic (exact) mass is 215 g/mol. The maximum atomic E-state index is 12.7. The highest BCUT2D eigenvalue weighted by molar-refractivity contribution is 7.85. The number of hydrogen-bond donors (Lipinski definition) is 0. The minimum absolute atomic E-state index is 0.131. The summed E-state index contributed by atoms with van der Waals surface area (Å²) in [4.78, 5) is 0.208. The molecule has 74 valence electrons. The fourth-order valence-corrected chi connectivity index (χ4v) is 1.84. The van der Waals surface area contributed by atoms with E-state index in [4.69, 9.17) is 5.26 Å². The van der Waals surface area contributed by atoms with E-state index >= 15 is 0 Å². The van der Waals surface area contributed by atoms with Gasteiger partial charge in [-0.1, -0.05) is 0 Å². The SMILES string of the molecule is N#CCCS(=O)c1ccc(F)c(F)c1.